The Morgan fingerprint density at radius 2 is 2.05 bits per heavy atom. The van der Waals surface area contributed by atoms with Gasteiger partial charge in [-0.25, -0.2) is 0 Å². The van der Waals surface area contributed by atoms with E-state index < -0.39 is 0 Å². The molecule has 113 valence electrons. The van der Waals surface area contributed by atoms with Gasteiger partial charge in [0.2, 0.25) is 0 Å². The summed E-state index contributed by atoms with van der Waals surface area (Å²) in [6.45, 7) is 8.34. The van der Waals surface area contributed by atoms with Crippen LogP contribution in [0.25, 0.3) is 0 Å². The Balaban J connectivity index is 0.00000161. The molecule has 0 amide bonds. The quantitative estimate of drug-likeness (QED) is 0.771. The Morgan fingerprint density at radius 1 is 1.29 bits per heavy atom. The zero-order valence-corrected chi connectivity index (χ0v) is 15.9. The summed E-state index contributed by atoms with van der Waals surface area (Å²) in [5, 5.41) is 0. The Labute approximate surface area is 153 Å². The molecule has 1 saturated heterocycles. The summed E-state index contributed by atoms with van der Waals surface area (Å²) in [6.07, 6.45) is 4.11. The Morgan fingerprint density at radius 3 is 2.76 bits per heavy atom. The molecule has 2 aliphatic rings. The largest absolute Gasteiger partial charge is 0.543 e. The van der Waals surface area contributed by atoms with Crippen molar-refractivity contribution in [3.05, 3.63) is 23.8 Å². The van der Waals surface area contributed by atoms with Crippen LogP contribution in [0.15, 0.2) is 12.1 Å². The van der Waals surface area contributed by atoms with Gasteiger partial charge in [-0.1, -0.05) is 20.3 Å². The second-order valence-electron chi connectivity index (χ2n) is 6.04. The molecule has 3 nitrogen and oxygen atoms in total. The van der Waals surface area contributed by atoms with Gasteiger partial charge in [0.15, 0.2) is 0 Å². The van der Waals surface area contributed by atoms with Crippen molar-refractivity contribution in [1.29, 1.82) is 0 Å². The van der Waals surface area contributed by atoms with Gasteiger partial charge in [-0.3, -0.25) is 4.90 Å². The fourth-order valence-electron chi connectivity index (χ4n) is 3.10. The number of benzene rings is 1. The predicted octanol–water partition coefficient (Wildman–Crippen LogP) is 3.05. The first kappa shape index (κ1) is 17.2. The number of rotatable bonds is 3. The summed E-state index contributed by atoms with van der Waals surface area (Å²) in [4.78, 5) is 2.51. The smallest absolute Gasteiger partial charge is 0.141 e. The van der Waals surface area contributed by atoms with Gasteiger partial charge in [0.25, 0.3) is 0 Å². The van der Waals surface area contributed by atoms with E-state index in [0.717, 1.165) is 29.5 Å². The predicted molar refractivity (Wildman–Crippen MR) is 79.4 cm³/mol. The number of fused-ring (bicyclic) bond motifs is 1. The Kier molecular flexibility index (Phi) is 6.52. The maximum atomic E-state index is 6.05. The third kappa shape index (κ3) is 4.43. The van der Waals surface area contributed by atoms with E-state index in [2.05, 4.69) is 17.9 Å². The van der Waals surface area contributed by atoms with Crippen molar-refractivity contribution in [2.75, 3.05) is 26.2 Å². The zero-order chi connectivity index (χ0) is 13.9. The van der Waals surface area contributed by atoms with E-state index >= 15 is 0 Å². The van der Waals surface area contributed by atoms with Crippen LogP contribution in [0.3, 0.4) is 0 Å². The van der Waals surface area contributed by atoms with E-state index in [-0.39, 0.29) is 38.8 Å². The first-order valence-corrected chi connectivity index (χ1v) is 7.79. The summed E-state index contributed by atoms with van der Waals surface area (Å²) in [5.74, 6) is 2.53. The summed E-state index contributed by atoms with van der Waals surface area (Å²) < 4.78 is 11.8. The average Bonchev–Trinajstić information content (AvgIpc) is 2.47. The van der Waals surface area contributed by atoms with E-state index in [9.17, 15) is 0 Å². The SMILES string of the molecule is CCC1CCN(CC2COc3ccc(C)[c-]c3O2)CC1.[Y]. The molecule has 2 aliphatic heterocycles. The summed E-state index contributed by atoms with van der Waals surface area (Å²) in [5.41, 5.74) is 1.09. The second kappa shape index (κ2) is 7.94. The molecular weight excluding hydrogens is 339 g/mol. The number of hydrogen-bond acceptors (Lipinski definition) is 3. The molecule has 1 atom stereocenters. The minimum atomic E-state index is 0. The van der Waals surface area contributed by atoms with Gasteiger partial charge in [-0.2, -0.15) is 11.6 Å². The van der Waals surface area contributed by atoms with E-state index in [1.54, 1.807) is 0 Å². The molecule has 21 heavy (non-hydrogen) atoms. The molecule has 2 heterocycles. The summed E-state index contributed by atoms with van der Waals surface area (Å²) in [7, 11) is 0. The normalized spacial score (nSPS) is 22.7. The van der Waals surface area contributed by atoms with Crippen molar-refractivity contribution in [1.82, 2.24) is 4.90 Å². The molecular formula is C17H24NO2Y-. The maximum absolute atomic E-state index is 6.05. The minimum Gasteiger partial charge on any atom is -0.543 e. The molecule has 0 spiro atoms. The molecule has 0 aromatic heterocycles. The summed E-state index contributed by atoms with van der Waals surface area (Å²) >= 11 is 0. The fraction of sp³-hybridized carbons (Fsp3) is 0.647. The van der Waals surface area contributed by atoms with Gasteiger partial charge in [0, 0.05) is 50.8 Å². The van der Waals surface area contributed by atoms with E-state index in [1.807, 2.05) is 19.1 Å². The molecule has 0 saturated carbocycles. The molecule has 0 N–H and O–H groups in total. The number of aryl methyl sites for hydroxylation is 1. The molecule has 1 radical (unpaired) electrons. The van der Waals surface area contributed by atoms with Crippen LogP contribution < -0.4 is 9.47 Å². The fourth-order valence-corrected chi connectivity index (χ4v) is 3.10. The van der Waals surface area contributed by atoms with Crippen LogP contribution >= 0.6 is 0 Å². The number of piperidine rings is 1. The monoisotopic (exact) mass is 363 g/mol. The minimum absolute atomic E-state index is 0. The number of hydrogen-bond donors (Lipinski definition) is 0. The van der Waals surface area contributed by atoms with Crippen LogP contribution in [0.5, 0.6) is 11.5 Å². The first-order chi connectivity index (χ1) is 9.74. The third-order valence-electron chi connectivity index (χ3n) is 4.47. The van der Waals surface area contributed by atoms with Crippen molar-refractivity contribution in [3.8, 4) is 11.5 Å². The van der Waals surface area contributed by atoms with Crippen LogP contribution in [0, 0.1) is 18.9 Å². The molecule has 0 bridgehead atoms. The molecule has 1 aromatic rings. The topological polar surface area (TPSA) is 21.7 Å². The van der Waals surface area contributed by atoms with Gasteiger partial charge in [0.05, 0.1) is 0 Å². The molecule has 1 unspecified atom stereocenters. The number of ether oxygens (including phenoxy) is 2. The van der Waals surface area contributed by atoms with Crippen molar-refractivity contribution in [2.24, 2.45) is 5.92 Å². The number of nitrogens with zero attached hydrogens (tertiary/aromatic N) is 1. The maximum Gasteiger partial charge on any atom is 0.141 e. The van der Waals surface area contributed by atoms with Gasteiger partial charge in [0.1, 0.15) is 12.7 Å². The van der Waals surface area contributed by atoms with Crippen LogP contribution in [-0.4, -0.2) is 37.2 Å². The van der Waals surface area contributed by atoms with Crippen molar-refractivity contribution in [2.45, 2.75) is 39.2 Å². The Bertz CT molecular complexity index is 458. The summed E-state index contributed by atoms with van der Waals surface area (Å²) in [6, 6.07) is 7.23. The molecule has 1 fully saturated rings. The zero-order valence-electron chi connectivity index (χ0n) is 13.1. The second-order valence-corrected chi connectivity index (χ2v) is 6.04. The average molecular weight is 363 g/mol. The Hall–Kier alpha value is -0.116. The molecule has 3 rings (SSSR count). The standard InChI is InChI=1S/C17H24NO2.Y/c1-3-14-6-8-18(9-7-14)11-15-12-19-16-5-4-13(2)10-17(16)20-15;/h4-5,14-15H,3,6-9,11-12H2,1-2H3;/q-1;. The molecule has 0 aliphatic carbocycles. The number of likely N-dealkylation sites (tertiary alicyclic amines) is 1. The van der Waals surface area contributed by atoms with Gasteiger partial charge < -0.3 is 9.47 Å². The van der Waals surface area contributed by atoms with E-state index in [1.165, 1.54) is 32.4 Å². The molecule has 4 heteroatoms. The third-order valence-corrected chi connectivity index (χ3v) is 4.47. The van der Waals surface area contributed by atoms with Gasteiger partial charge in [-0.05, 0) is 31.8 Å². The van der Waals surface area contributed by atoms with Crippen molar-refractivity contribution >= 4 is 0 Å². The van der Waals surface area contributed by atoms with Crippen molar-refractivity contribution in [3.63, 3.8) is 0 Å². The van der Waals surface area contributed by atoms with Crippen LogP contribution in [0.2, 0.25) is 0 Å². The van der Waals surface area contributed by atoms with Crippen LogP contribution in [0.4, 0.5) is 0 Å². The molecule has 1 aromatic carbocycles. The first-order valence-electron chi connectivity index (χ1n) is 7.79. The van der Waals surface area contributed by atoms with E-state index in [0.29, 0.717) is 6.61 Å². The van der Waals surface area contributed by atoms with Crippen LogP contribution in [-0.2, 0) is 32.7 Å². The van der Waals surface area contributed by atoms with Gasteiger partial charge >= 0.3 is 0 Å². The van der Waals surface area contributed by atoms with E-state index in [4.69, 9.17) is 9.47 Å². The van der Waals surface area contributed by atoms with Crippen molar-refractivity contribution < 1.29 is 42.2 Å². The van der Waals surface area contributed by atoms with Gasteiger partial charge in [-0.15, -0.1) is 12.1 Å². The van der Waals surface area contributed by atoms with Crippen LogP contribution in [0.1, 0.15) is 31.7 Å².